The number of fused-ring (bicyclic) bond motifs is 1. The van der Waals surface area contributed by atoms with Crippen LogP contribution in [0.5, 0.6) is 0 Å². The molecule has 0 aliphatic heterocycles. The second kappa shape index (κ2) is 2.22. The Morgan fingerprint density at radius 3 is 3.08 bits per heavy atom. The highest BCUT2D eigenvalue weighted by molar-refractivity contribution is 5.71. The molecule has 0 spiro atoms. The fraction of sp³-hybridized carbons (Fsp3) is 0.333. The lowest BCUT2D eigenvalue weighted by Crippen LogP contribution is -1.85. The van der Waals surface area contributed by atoms with Gasteiger partial charge in [-0.3, -0.25) is 0 Å². The Hall–Kier alpha value is -1.58. The topological polar surface area (TPSA) is 64.9 Å². The van der Waals surface area contributed by atoms with Gasteiger partial charge in [0, 0.05) is 5.92 Å². The molecule has 1 saturated carbocycles. The van der Waals surface area contributed by atoms with Gasteiger partial charge in [-0.05, 0) is 18.9 Å². The van der Waals surface area contributed by atoms with Gasteiger partial charge in [-0.1, -0.05) is 0 Å². The molecular weight excluding hydrogens is 166 g/mol. The maximum Gasteiger partial charge on any atom is 0.247 e. The van der Waals surface area contributed by atoms with E-state index < -0.39 is 0 Å². The summed E-state index contributed by atoms with van der Waals surface area (Å²) < 4.78 is 5.47. The van der Waals surface area contributed by atoms with Gasteiger partial charge in [0.2, 0.25) is 11.6 Å². The number of hydrogen-bond acceptors (Lipinski definition) is 4. The number of aromatic nitrogens is 2. The predicted molar refractivity (Wildman–Crippen MR) is 48.2 cm³/mol. The van der Waals surface area contributed by atoms with Gasteiger partial charge in [-0.25, -0.2) is 9.97 Å². The van der Waals surface area contributed by atoms with Crippen molar-refractivity contribution in [2.24, 2.45) is 0 Å². The van der Waals surface area contributed by atoms with E-state index in [4.69, 9.17) is 10.2 Å². The fourth-order valence-corrected chi connectivity index (χ4v) is 1.36. The van der Waals surface area contributed by atoms with Gasteiger partial charge >= 0.3 is 0 Å². The van der Waals surface area contributed by atoms with Crippen molar-refractivity contribution < 1.29 is 4.42 Å². The number of anilines is 1. The summed E-state index contributed by atoms with van der Waals surface area (Å²) in [5, 5.41) is 0. The molecule has 0 unspecified atom stereocenters. The molecule has 2 N–H and O–H groups in total. The summed E-state index contributed by atoms with van der Waals surface area (Å²) >= 11 is 0. The van der Waals surface area contributed by atoms with Crippen molar-refractivity contribution in [3.63, 3.8) is 0 Å². The van der Waals surface area contributed by atoms with E-state index in [1.54, 1.807) is 12.3 Å². The van der Waals surface area contributed by atoms with E-state index in [-0.39, 0.29) is 0 Å². The molecule has 0 radical (unpaired) electrons. The third-order valence-corrected chi connectivity index (χ3v) is 2.21. The fourth-order valence-electron chi connectivity index (χ4n) is 1.36. The maximum atomic E-state index is 5.58. The summed E-state index contributed by atoms with van der Waals surface area (Å²) in [6, 6.07) is 1.79. The first-order valence-corrected chi connectivity index (χ1v) is 4.35. The highest BCUT2D eigenvalue weighted by Crippen LogP contribution is 2.40. The lowest BCUT2D eigenvalue weighted by atomic mass is 10.4. The number of nitrogen functional groups attached to an aromatic ring is 1. The van der Waals surface area contributed by atoms with Crippen LogP contribution in [-0.2, 0) is 0 Å². The molecule has 0 atom stereocenters. The summed E-state index contributed by atoms with van der Waals surface area (Å²) in [7, 11) is 0. The van der Waals surface area contributed by atoms with E-state index in [0.29, 0.717) is 17.3 Å². The zero-order valence-corrected chi connectivity index (χ0v) is 7.03. The van der Waals surface area contributed by atoms with Gasteiger partial charge in [0.25, 0.3) is 0 Å². The van der Waals surface area contributed by atoms with Gasteiger partial charge < -0.3 is 10.2 Å². The Bertz CT molecular complexity index is 459. The molecule has 0 amide bonds. The second-order valence-electron chi connectivity index (χ2n) is 3.42. The molecule has 2 aromatic heterocycles. The van der Waals surface area contributed by atoms with Crippen LogP contribution < -0.4 is 5.73 Å². The molecule has 4 nitrogen and oxygen atoms in total. The van der Waals surface area contributed by atoms with Crippen LogP contribution >= 0.6 is 0 Å². The molecule has 4 heteroatoms. The molecule has 0 aromatic carbocycles. The molecule has 1 aliphatic rings. The number of nitrogens with zero attached hydrogens (tertiary/aromatic N) is 2. The molecule has 2 aromatic rings. The Morgan fingerprint density at radius 2 is 2.31 bits per heavy atom. The van der Waals surface area contributed by atoms with Gasteiger partial charge in [-0.15, -0.1) is 0 Å². The third-order valence-electron chi connectivity index (χ3n) is 2.21. The van der Waals surface area contributed by atoms with Crippen LogP contribution in [0.25, 0.3) is 11.2 Å². The summed E-state index contributed by atoms with van der Waals surface area (Å²) in [4.78, 5) is 8.38. The molecule has 13 heavy (non-hydrogen) atoms. The first-order valence-electron chi connectivity index (χ1n) is 4.35. The average Bonchev–Trinajstić information content (AvgIpc) is 2.87. The van der Waals surface area contributed by atoms with Crippen LogP contribution in [0, 0.1) is 0 Å². The van der Waals surface area contributed by atoms with Crippen molar-refractivity contribution >= 4 is 16.9 Å². The van der Waals surface area contributed by atoms with Crippen molar-refractivity contribution in [2.75, 3.05) is 5.73 Å². The van der Waals surface area contributed by atoms with Gasteiger partial charge in [0.1, 0.15) is 5.52 Å². The van der Waals surface area contributed by atoms with Crippen molar-refractivity contribution in [3.05, 3.63) is 18.2 Å². The maximum absolute atomic E-state index is 5.58. The molecule has 3 rings (SSSR count). The van der Waals surface area contributed by atoms with Crippen LogP contribution in [-0.4, -0.2) is 9.97 Å². The number of rotatable bonds is 1. The van der Waals surface area contributed by atoms with E-state index in [1.165, 1.54) is 12.8 Å². The zero-order valence-electron chi connectivity index (χ0n) is 7.03. The lowest BCUT2D eigenvalue weighted by Gasteiger charge is -1.87. The average molecular weight is 175 g/mol. The van der Waals surface area contributed by atoms with Crippen LogP contribution in [0.1, 0.15) is 24.7 Å². The lowest BCUT2D eigenvalue weighted by molar-refractivity contribution is 0.525. The van der Waals surface area contributed by atoms with Crippen LogP contribution in [0.2, 0.25) is 0 Å². The standard InChI is InChI=1S/C9H9N3O/c10-6-3-7-9(11-4-6)13-8(12-7)5-1-2-5/h3-5H,1-2,10H2. The van der Waals surface area contributed by atoms with Gasteiger partial charge in [0.05, 0.1) is 11.9 Å². The minimum Gasteiger partial charge on any atom is -0.422 e. The van der Waals surface area contributed by atoms with Gasteiger partial charge in [-0.2, -0.15) is 0 Å². The highest BCUT2D eigenvalue weighted by Gasteiger charge is 2.29. The van der Waals surface area contributed by atoms with E-state index in [1.807, 2.05) is 0 Å². The Labute approximate surface area is 74.8 Å². The van der Waals surface area contributed by atoms with Crippen LogP contribution in [0.3, 0.4) is 0 Å². The summed E-state index contributed by atoms with van der Waals surface area (Å²) in [6.07, 6.45) is 3.95. The quantitative estimate of drug-likeness (QED) is 0.716. The number of pyridine rings is 1. The van der Waals surface area contributed by atoms with E-state index in [2.05, 4.69) is 9.97 Å². The van der Waals surface area contributed by atoms with Crippen molar-refractivity contribution in [1.29, 1.82) is 0 Å². The molecular formula is C9H9N3O. The van der Waals surface area contributed by atoms with Crippen molar-refractivity contribution in [2.45, 2.75) is 18.8 Å². The summed E-state index contributed by atoms with van der Waals surface area (Å²) in [5.74, 6) is 1.34. The van der Waals surface area contributed by atoms with Crippen LogP contribution in [0.4, 0.5) is 5.69 Å². The first kappa shape index (κ1) is 6.88. The molecule has 2 heterocycles. The normalized spacial score (nSPS) is 16.6. The van der Waals surface area contributed by atoms with Gasteiger partial charge in [0.15, 0.2) is 0 Å². The Morgan fingerprint density at radius 1 is 1.46 bits per heavy atom. The molecule has 1 fully saturated rings. The SMILES string of the molecule is Nc1cnc2oc(C3CC3)nc2c1. The zero-order chi connectivity index (χ0) is 8.84. The number of nitrogens with two attached hydrogens (primary N) is 1. The summed E-state index contributed by atoms with van der Waals surface area (Å²) in [6.45, 7) is 0. The molecule has 1 aliphatic carbocycles. The molecule has 66 valence electrons. The Kier molecular flexibility index (Phi) is 1.17. The first-order chi connectivity index (χ1) is 6.33. The number of oxazole rings is 1. The number of hydrogen-bond donors (Lipinski definition) is 1. The smallest absolute Gasteiger partial charge is 0.247 e. The minimum absolute atomic E-state index is 0.524. The van der Waals surface area contributed by atoms with Crippen molar-refractivity contribution in [3.8, 4) is 0 Å². The third kappa shape index (κ3) is 1.06. The highest BCUT2D eigenvalue weighted by atomic mass is 16.4. The van der Waals surface area contributed by atoms with E-state index in [0.717, 1.165) is 11.4 Å². The second-order valence-corrected chi connectivity index (χ2v) is 3.42. The monoisotopic (exact) mass is 175 g/mol. The Balaban J connectivity index is 2.20. The van der Waals surface area contributed by atoms with E-state index >= 15 is 0 Å². The summed E-state index contributed by atoms with van der Waals surface area (Å²) in [5.41, 5.74) is 7.57. The molecule has 0 saturated heterocycles. The largest absolute Gasteiger partial charge is 0.422 e. The minimum atomic E-state index is 0.524. The van der Waals surface area contributed by atoms with Crippen LogP contribution in [0.15, 0.2) is 16.7 Å². The van der Waals surface area contributed by atoms with E-state index in [9.17, 15) is 0 Å². The molecule has 0 bridgehead atoms. The van der Waals surface area contributed by atoms with Crippen molar-refractivity contribution in [1.82, 2.24) is 9.97 Å². The predicted octanol–water partition coefficient (Wildman–Crippen LogP) is 1.68.